The summed E-state index contributed by atoms with van der Waals surface area (Å²) >= 11 is 1.84. The Hall–Kier alpha value is -1.65. The fourth-order valence-electron chi connectivity index (χ4n) is 3.60. The van der Waals surface area contributed by atoms with Crippen molar-refractivity contribution in [2.24, 2.45) is 0 Å². The van der Waals surface area contributed by atoms with Gasteiger partial charge in [-0.1, -0.05) is 25.1 Å². The van der Waals surface area contributed by atoms with E-state index in [-0.39, 0.29) is 5.97 Å². The summed E-state index contributed by atoms with van der Waals surface area (Å²) in [5.74, 6) is 0.509. The molecule has 128 valence electrons. The molecule has 3 rings (SSSR count). The number of thiophene rings is 1. The Balaban J connectivity index is 1.76. The van der Waals surface area contributed by atoms with Crippen molar-refractivity contribution in [2.45, 2.75) is 52.1 Å². The summed E-state index contributed by atoms with van der Waals surface area (Å²) in [5, 5.41) is 2.15. The van der Waals surface area contributed by atoms with Crippen LogP contribution in [0.4, 0.5) is 0 Å². The van der Waals surface area contributed by atoms with Gasteiger partial charge in [0.05, 0.1) is 0 Å². The van der Waals surface area contributed by atoms with E-state index in [0.29, 0.717) is 6.04 Å². The third-order valence-corrected chi connectivity index (χ3v) is 5.49. The van der Waals surface area contributed by atoms with Crippen LogP contribution in [0.1, 0.15) is 42.7 Å². The van der Waals surface area contributed by atoms with Crippen LogP contribution in [0, 0.1) is 0 Å². The third-order valence-electron chi connectivity index (χ3n) is 4.63. The fraction of sp³-hybridized carbons (Fsp3) is 0.450. The van der Waals surface area contributed by atoms with Crippen molar-refractivity contribution in [2.75, 3.05) is 6.54 Å². The molecule has 1 aliphatic rings. The quantitative estimate of drug-likeness (QED) is 0.573. The Morgan fingerprint density at radius 3 is 2.92 bits per heavy atom. The van der Waals surface area contributed by atoms with E-state index in [4.69, 9.17) is 4.74 Å². The minimum Gasteiger partial charge on any atom is -0.426 e. The molecule has 0 N–H and O–H groups in total. The number of hydrogen-bond donors (Lipinski definition) is 0. The van der Waals surface area contributed by atoms with E-state index >= 15 is 0 Å². The normalized spacial score (nSPS) is 16.9. The van der Waals surface area contributed by atoms with Crippen LogP contribution in [-0.4, -0.2) is 23.5 Å². The second kappa shape index (κ2) is 7.95. The zero-order valence-corrected chi connectivity index (χ0v) is 15.3. The molecule has 1 aromatic heterocycles. The van der Waals surface area contributed by atoms with E-state index in [0.717, 1.165) is 38.1 Å². The molecule has 2 aromatic rings. The van der Waals surface area contributed by atoms with E-state index < -0.39 is 0 Å². The maximum atomic E-state index is 11.3. The molecule has 0 radical (unpaired) electrons. The number of carbonyl (C=O) groups is 1. The molecule has 1 aromatic carbocycles. The van der Waals surface area contributed by atoms with Crippen molar-refractivity contribution >= 4 is 17.3 Å². The van der Waals surface area contributed by atoms with Crippen LogP contribution in [0.3, 0.4) is 0 Å². The standard InChI is InChI=1S/C20H25NO2S/c1-3-11-21(14-18-7-5-12-24-18)17-9-10-19-16(13-17)6-4-8-20(19)23-15(2)22/h4-8,12,17H,3,9-11,13-14H2,1-2H3/t17-/m1/s1. The van der Waals surface area contributed by atoms with E-state index in [1.807, 2.05) is 23.5 Å². The van der Waals surface area contributed by atoms with Gasteiger partial charge in [0.1, 0.15) is 5.75 Å². The second-order valence-electron chi connectivity index (χ2n) is 6.43. The maximum Gasteiger partial charge on any atom is 0.308 e. The van der Waals surface area contributed by atoms with Crippen LogP contribution < -0.4 is 4.74 Å². The molecule has 0 fully saturated rings. The summed E-state index contributed by atoms with van der Waals surface area (Å²) in [6.45, 7) is 5.88. The van der Waals surface area contributed by atoms with Gasteiger partial charge in [-0.2, -0.15) is 0 Å². The van der Waals surface area contributed by atoms with Gasteiger partial charge < -0.3 is 4.74 Å². The van der Waals surface area contributed by atoms with Gasteiger partial charge in [-0.05, 0) is 60.9 Å². The lowest BCUT2D eigenvalue weighted by atomic mass is 9.86. The molecule has 0 aliphatic heterocycles. The number of fused-ring (bicyclic) bond motifs is 1. The highest BCUT2D eigenvalue weighted by Crippen LogP contribution is 2.32. The molecule has 24 heavy (non-hydrogen) atoms. The summed E-state index contributed by atoms with van der Waals surface area (Å²) in [7, 11) is 0. The first-order valence-electron chi connectivity index (χ1n) is 8.73. The Bertz CT molecular complexity index is 681. The molecule has 4 heteroatoms. The van der Waals surface area contributed by atoms with Gasteiger partial charge in [-0.15, -0.1) is 11.3 Å². The van der Waals surface area contributed by atoms with Gasteiger partial charge in [-0.25, -0.2) is 0 Å². The first-order valence-corrected chi connectivity index (χ1v) is 9.61. The average Bonchev–Trinajstić information content (AvgIpc) is 3.07. The van der Waals surface area contributed by atoms with Crippen LogP contribution >= 0.6 is 11.3 Å². The first-order chi connectivity index (χ1) is 11.7. The van der Waals surface area contributed by atoms with Gasteiger partial charge in [0.25, 0.3) is 0 Å². The Morgan fingerprint density at radius 2 is 2.21 bits per heavy atom. The van der Waals surface area contributed by atoms with E-state index in [1.165, 1.54) is 29.3 Å². The summed E-state index contributed by atoms with van der Waals surface area (Å²) in [4.78, 5) is 15.4. The predicted octanol–water partition coefficient (Wildman–Crippen LogP) is 4.44. The summed E-state index contributed by atoms with van der Waals surface area (Å²) in [6.07, 6.45) is 4.31. The van der Waals surface area contributed by atoms with Crippen LogP contribution in [0.2, 0.25) is 0 Å². The van der Waals surface area contributed by atoms with Gasteiger partial charge >= 0.3 is 5.97 Å². The highest BCUT2D eigenvalue weighted by molar-refractivity contribution is 7.09. The number of rotatable bonds is 6. The SMILES string of the molecule is CCCN(Cc1cccs1)[C@@H]1CCc2c(cccc2OC(C)=O)C1. The number of esters is 1. The van der Waals surface area contributed by atoms with Gasteiger partial charge in [0.15, 0.2) is 0 Å². The van der Waals surface area contributed by atoms with Crippen molar-refractivity contribution in [3.05, 3.63) is 51.7 Å². The Kier molecular flexibility index (Phi) is 5.69. The van der Waals surface area contributed by atoms with Crippen LogP contribution in [0.15, 0.2) is 35.7 Å². The van der Waals surface area contributed by atoms with Crippen molar-refractivity contribution in [3.63, 3.8) is 0 Å². The lowest BCUT2D eigenvalue weighted by Crippen LogP contribution is -2.39. The highest BCUT2D eigenvalue weighted by atomic mass is 32.1. The smallest absolute Gasteiger partial charge is 0.308 e. The first kappa shape index (κ1) is 17.2. The molecule has 1 atom stereocenters. The molecular formula is C20H25NO2S. The Morgan fingerprint density at radius 1 is 1.33 bits per heavy atom. The molecule has 0 unspecified atom stereocenters. The lowest BCUT2D eigenvalue weighted by Gasteiger charge is -2.35. The molecule has 1 heterocycles. The minimum atomic E-state index is -0.240. The molecule has 3 nitrogen and oxygen atoms in total. The van der Waals surface area contributed by atoms with Gasteiger partial charge in [-0.3, -0.25) is 9.69 Å². The van der Waals surface area contributed by atoms with Crippen molar-refractivity contribution in [1.29, 1.82) is 0 Å². The maximum absolute atomic E-state index is 11.3. The lowest BCUT2D eigenvalue weighted by molar-refractivity contribution is -0.131. The van der Waals surface area contributed by atoms with Crippen molar-refractivity contribution < 1.29 is 9.53 Å². The molecular weight excluding hydrogens is 318 g/mol. The molecule has 0 saturated heterocycles. The molecule has 1 aliphatic carbocycles. The monoisotopic (exact) mass is 343 g/mol. The molecule has 0 bridgehead atoms. The van der Waals surface area contributed by atoms with Crippen LogP contribution in [0.25, 0.3) is 0 Å². The highest BCUT2D eigenvalue weighted by Gasteiger charge is 2.26. The number of hydrogen-bond acceptors (Lipinski definition) is 4. The third kappa shape index (κ3) is 4.05. The van der Waals surface area contributed by atoms with E-state index in [9.17, 15) is 4.79 Å². The number of ether oxygens (including phenoxy) is 1. The number of benzene rings is 1. The minimum absolute atomic E-state index is 0.240. The van der Waals surface area contributed by atoms with E-state index in [1.54, 1.807) is 0 Å². The molecule has 0 amide bonds. The van der Waals surface area contributed by atoms with Crippen molar-refractivity contribution in [3.8, 4) is 5.75 Å². The largest absolute Gasteiger partial charge is 0.426 e. The number of carbonyl (C=O) groups excluding carboxylic acids is 1. The van der Waals surface area contributed by atoms with Crippen LogP contribution in [-0.2, 0) is 24.2 Å². The average molecular weight is 343 g/mol. The molecule has 0 saturated carbocycles. The fourth-order valence-corrected chi connectivity index (χ4v) is 4.33. The van der Waals surface area contributed by atoms with Crippen LogP contribution in [0.5, 0.6) is 5.75 Å². The topological polar surface area (TPSA) is 29.5 Å². The molecule has 0 spiro atoms. The van der Waals surface area contributed by atoms with Gasteiger partial charge in [0, 0.05) is 24.4 Å². The summed E-state index contributed by atoms with van der Waals surface area (Å²) in [6, 6.07) is 11.0. The summed E-state index contributed by atoms with van der Waals surface area (Å²) < 4.78 is 5.39. The zero-order chi connectivity index (χ0) is 16.9. The Labute approximate surface area is 148 Å². The second-order valence-corrected chi connectivity index (χ2v) is 7.47. The van der Waals surface area contributed by atoms with E-state index in [2.05, 4.69) is 35.4 Å². The van der Waals surface area contributed by atoms with Crippen molar-refractivity contribution in [1.82, 2.24) is 4.90 Å². The number of nitrogens with zero attached hydrogens (tertiary/aromatic N) is 1. The van der Waals surface area contributed by atoms with Gasteiger partial charge in [0.2, 0.25) is 0 Å². The predicted molar refractivity (Wildman–Crippen MR) is 98.6 cm³/mol. The summed E-state index contributed by atoms with van der Waals surface area (Å²) in [5.41, 5.74) is 2.55. The zero-order valence-electron chi connectivity index (χ0n) is 14.5.